The summed E-state index contributed by atoms with van der Waals surface area (Å²) >= 11 is 1.17. The molecule has 0 saturated heterocycles. The molecule has 0 aliphatic heterocycles. The van der Waals surface area contributed by atoms with E-state index in [1.165, 1.54) is 18.3 Å². The van der Waals surface area contributed by atoms with Crippen molar-refractivity contribution in [2.45, 2.75) is 19.5 Å². The van der Waals surface area contributed by atoms with Gasteiger partial charge in [0.1, 0.15) is 0 Å². The van der Waals surface area contributed by atoms with Crippen LogP contribution in [0.15, 0.2) is 29.4 Å². The molecule has 1 aromatic carbocycles. The van der Waals surface area contributed by atoms with Crippen LogP contribution in [0.1, 0.15) is 13.3 Å². The molecule has 0 bridgehead atoms. The van der Waals surface area contributed by atoms with E-state index < -0.39 is 24.3 Å². The largest absolute Gasteiger partial charge is 0.466 e. The van der Waals surface area contributed by atoms with Crippen LogP contribution in [-0.4, -0.2) is 29.4 Å². The second-order valence-corrected chi connectivity index (χ2v) is 5.17. The van der Waals surface area contributed by atoms with Gasteiger partial charge >= 0.3 is 12.1 Å². The molecule has 1 aromatic heterocycles. The number of hydrazone groups is 1. The van der Waals surface area contributed by atoms with E-state index in [0.717, 1.165) is 4.70 Å². The minimum Gasteiger partial charge on any atom is -0.466 e. The lowest BCUT2D eigenvalue weighted by Crippen LogP contribution is -2.27. The van der Waals surface area contributed by atoms with E-state index in [1.807, 2.05) is 0 Å². The summed E-state index contributed by atoms with van der Waals surface area (Å²) in [5.74, 6) is -0.982. The first-order valence-corrected chi connectivity index (χ1v) is 7.12. The van der Waals surface area contributed by atoms with Gasteiger partial charge in [-0.05, 0) is 19.1 Å². The second-order valence-electron chi connectivity index (χ2n) is 4.14. The second kappa shape index (κ2) is 6.73. The number of para-hydroxylation sites is 1. The zero-order valence-corrected chi connectivity index (χ0v) is 12.3. The van der Waals surface area contributed by atoms with Crippen molar-refractivity contribution in [2.24, 2.45) is 5.10 Å². The van der Waals surface area contributed by atoms with Gasteiger partial charge < -0.3 is 4.74 Å². The van der Waals surface area contributed by atoms with Crippen molar-refractivity contribution in [3.8, 4) is 0 Å². The highest BCUT2D eigenvalue weighted by Gasteiger charge is 2.37. The molecule has 0 aliphatic carbocycles. The Labute approximate surface area is 127 Å². The van der Waals surface area contributed by atoms with E-state index in [-0.39, 0.29) is 11.7 Å². The lowest BCUT2D eigenvalue weighted by atomic mass is 10.2. The highest BCUT2D eigenvalue weighted by atomic mass is 32.1. The number of carbonyl (C=O) groups is 1. The predicted molar refractivity (Wildman–Crippen MR) is 78.0 cm³/mol. The van der Waals surface area contributed by atoms with Gasteiger partial charge in [-0.15, -0.1) is 0 Å². The fraction of sp³-hybridized carbons (Fsp3) is 0.308. The van der Waals surface area contributed by atoms with Crippen LogP contribution in [0.3, 0.4) is 0 Å². The summed E-state index contributed by atoms with van der Waals surface area (Å²) in [6.45, 7) is 1.52. The molecule has 0 aliphatic rings. The summed E-state index contributed by atoms with van der Waals surface area (Å²) in [7, 11) is 0. The van der Waals surface area contributed by atoms with Gasteiger partial charge in [-0.2, -0.15) is 18.3 Å². The van der Waals surface area contributed by atoms with Gasteiger partial charge in [-0.3, -0.25) is 10.2 Å². The van der Waals surface area contributed by atoms with E-state index in [0.29, 0.717) is 5.52 Å². The number of hydrogen-bond donors (Lipinski definition) is 1. The number of halogens is 3. The van der Waals surface area contributed by atoms with E-state index in [2.05, 4.69) is 20.2 Å². The number of anilines is 1. The Hall–Kier alpha value is -2.16. The van der Waals surface area contributed by atoms with Gasteiger partial charge in [-0.1, -0.05) is 23.5 Å². The third-order valence-corrected chi connectivity index (χ3v) is 3.47. The van der Waals surface area contributed by atoms with Crippen molar-refractivity contribution in [2.75, 3.05) is 12.0 Å². The van der Waals surface area contributed by atoms with Crippen molar-refractivity contribution in [1.82, 2.24) is 4.98 Å². The number of alkyl halides is 3. The summed E-state index contributed by atoms with van der Waals surface area (Å²) in [6.07, 6.45) is -5.67. The molecule has 5 nitrogen and oxygen atoms in total. The van der Waals surface area contributed by atoms with Crippen LogP contribution >= 0.6 is 11.3 Å². The zero-order chi connectivity index (χ0) is 16.2. The molecule has 2 aromatic rings. The topological polar surface area (TPSA) is 63.6 Å². The van der Waals surface area contributed by atoms with Crippen molar-refractivity contribution in [3.05, 3.63) is 24.3 Å². The first-order valence-electron chi connectivity index (χ1n) is 6.31. The number of rotatable bonds is 5. The summed E-state index contributed by atoms with van der Waals surface area (Å²) in [6, 6.07) is 7.11. The first-order chi connectivity index (χ1) is 10.4. The number of nitrogens with zero attached hydrogens (tertiary/aromatic N) is 2. The Balaban J connectivity index is 2.16. The lowest BCUT2D eigenvalue weighted by molar-refractivity contribution is -0.142. The molecule has 1 N–H and O–H groups in total. The Morgan fingerprint density at radius 1 is 1.41 bits per heavy atom. The number of esters is 1. The lowest BCUT2D eigenvalue weighted by Gasteiger charge is -2.09. The Kier molecular flexibility index (Phi) is 4.96. The Morgan fingerprint density at radius 2 is 2.14 bits per heavy atom. The van der Waals surface area contributed by atoms with Crippen LogP contribution in [0.2, 0.25) is 0 Å². The SMILES string of the molecule is CCOC(=O)CC(=NNc1nc2ccccc2s1)C(F)(F)F. The summed E-state index contributed by atoms with van der Waals surface area (Å²) < 4.78 is 43.8. The molecule has 0 radical (unpaired) electrons. The van der Waals surface area contributed by atoms with Gasteiger partial charge in [0.15, 0.2) is 5.71 Å². The fourth-order valence-corrected chi connectivity index (χ4v) is 2.40. The third kappa shape index (κ3) is 4.17. The van der Waals surface area contributed by atoms with Gasteiger partial charge in [0, 0.05) is 0 Å². The molecule has 0 unspecified atom stereocenters. The minimum absolute atomic E-state index is 0.00920. The quantitative estimate of drug-likeness (QED) is 0.517. The fourth-order valence-electron chi connectivity index (χ4n) is 1.59. The number of nitrogens with one attached hydrogen (secondary N) is 1. The van der Waals surface area contributed by atoms with Crippen LogP contribution in [-0.2, 0) is 9.53 Å². The zero-order valence-electron chi connectivity index (χ0n) is 11.5. The van der Waals surface area contributed by atoms with Gasteiger partial charge in [0.05, 0.1) is 23.2 Å². The van der Waals surface area contributed by atoms with Crippen molar-refractivity contribution in [3.63, 3.8) is 0 Å². The highest BCUT2D eigenvalue weighted by Crippen LogP contribution is 2.26. The molecule has 2 rings (SSSR count). The van der Waals surface area contributed by atoms with Gasteiger partial charge in [0.25, 0.3) is 0 Å². The van der Waals surface area contributed by atoms with Gasteiger partial charge in [-0.25, -0.2) is 4.98 Å². The molecule has 0 fully saturated rings. The van der Waals surface area contributed by atoms with Crippen LogP contribution < -0.4 is 5.43 Å². The van der Waals surface area contributed by atoms with E-state index in [1.54, 1.807) is 24.3 Å². The van der Waals surface area contributed by atoms with Crippen molar-refractivity contribution in [1.29, 1.82) is 0 Å². The summed E-state index contributed by atoms with van der Waals surface area (Å²) in [5.41, 5.74) is 1.65. The molecule has 9 heteroatoms. The molecular formula is C13H12F3N3O2S. The number of fused-ring (bicyclic) bond motifs is 1. The molecule has 0 spiro atoms. The van der Waals surface area contributed by atoms with Crippen LogP contribution in [0.5, 0.6) is 0 Å². The molecular weight excluding hydrogens is 319 g/mol. The summed E-state index contributed by atoms with van der Waals surface area (Å²) in [5, 5.41) is 3.49. The van der Waals surface area contributed by atoms with E-state index in [4.69, 9.17) is 0 Å². The molecule has 0 saturated carbocycles. The average molecular weight is 331 g/mol. The molecule has 0 amide bonds. The monoisotopic (exact) mass is 331 g/mol. The first kappa shape index (κ1) is 16.2. The number of benzene rings is 1. The predicted octanol–water partition coefficient (Wildman–Crippen LogP) is 3.58. The molecule has 22 heavy (non-hydrogen) atoms. The van der Waals surface area contributed by atoms with Crippen LogP contribution in [0, 0.1) is 0 Å². The average Bonchev–Trinajstić information content (AvgIpc) is 2.85. The van der Waals surface area contributed by atoms with E-state index in [9.17, 15) is 18.0 Å². The van der Waals surface area contributed by atoms with Crippen molar-refractivity contribution < 1.29 is 22.7 Å². The number of aromatic nitrogens is 1. The number of ether oxygens (including phenoxy) is 1. The molecule has 0 atom stereocenters. The van der Waals surface area contributed by atoms with Crippen LogP contribution in [0.4, 0.5) is 18.3 Å². The maximum atomic E-state index is 12.8. The Bertz CT molecular complexity index is 664. The smallest absolute Gasteiger partial charge is 0.431 e. The van der Waals surface area contributed by atoms with Gasteiger partial charge in [0.2, 0.25) is 5.13 Å². The maximum absolute atomic E-state index is 12.8. The number of hydrogen-bond acceptors (Lipinski definition) is 6. The number of carbonyl (C=O) groups excluding carboxylic acids is 1. The number of thiazole rings is 1. The molecule has 118 valence electrons. The van der Waals surface area contributed by atoms with Crippen LogP contribution in [0.25, 0.3) is 10.2 Å². The third-order valence-electron chi connectivity index (χ3n) is 2.52. The summed E-state index contributed by atoms with van der Waals surface area (Å²) in [4.78, 5) is 15.3. The molecule has 1 heterocycles. The highest BCUT2D eigenvalue weighted by molar-refractivity contribution is 7.22. The normalized spacial score (nSPS) is 12.5. The standard InChI is InChI=1S/C13H12F3N3O2S/c1-2-21-11(20)7-10(13(14,15)16)18-19-12-17-8-5-3-4-6-9(8)22-12/h3-6H,2,7H2,1H3,(H,17,19). The maximum Gasteiger partial charge on any atom is 0.431 e. The van der Waals surface area contributed by atoms with Crippen molar-refractivity contribution >= 4 is 38.4 Å². The van der Waals surface area contributed by atoms with E-state index >= 15 is 0 Å². The Morgan fingerprint density at radius 3 is 2.77 bits per heavy atom. The minimum atomic E-state index is -4.73.